The molecule has 0 aliphatic carbocycles. The van der Waals surface area contributed by atoms with Crippen LogP contribution in [-0.2, 0) is 9.84 Å². The fourth-order valence-corrected chi connectivity index (χ4v) is 3.99. The van der Waals surface area contributed by atoms with Gasteiger partial charge in [0.2, 0.25) is 9.84 Å². The van der Waals surface area contributed by atoms with Gasteiger partial charge in [-0.25, -0.2) is 8.42 Å². The SMILES string of the molecule is CCOc1ccc2ccccc2c1/C=C(\C#N)S(=O)(=O)c1ccc(C)cc1. The molecule has 0 aliphatic heterocycles. The van der Waals surface area contributed by atoms with E-state index in [-0.39, 0.29) is 9.80 Å². The maximum absolute atomic E-state index is 13.0. The monoisotopic (exact) mass is 377 g/mol. The second kappa shape index (κ2) is 7.65. The molecule has 3 aromatic rings. The lowest BCUT2D eigenvalue weighted by molar-refractivity contribution is 0.340. The molecule has 0 aliphatic rings. The molecule has 0 heterocycles. The molecule has 0 atom stereocenters. The normalized spacial score (nSPS) is 12.0. The number of nitrogens with zero attached hydrogens (tertiary/aromatic N) is 1. The Balaban J connectivity index is 2.23. The second-order valence-corrected chi connectivity index (χ2v) is 7.99. The molecule has 5 heteroatoms. The first-order chi connectivity index (χ1) is 13.0. The van der Waals surface area contributed by atoms with Crippen molar-refractivity contribution >= 4 is 26.7 Å². The van der Waals surface area contributed by atoms with E-state index >= 15 is 0 Å². The lowest BCUT2D eigenvalue weighted by atomic mass is 10.0. The number of ether oxygens (including phenoxy) is 1. The number of sulfone groups is 1. The average molecular weight is 377 g/mol. The molecule has 0 amide bonds. The highest BCUT2D eigenvalue weighted by Gasteiger charge is 2.22. The highest BCUT2D eigenvalue weighted by molar-refractivity contribution is 7.95. The van der Waals surface area contributed by atoms with Gasteiger partial charge in [-0.05, 0) is 48.9 Å². The number of aryl methyl sites for hydroxylation is 1. The minimum absolute atomic E-state index is 0.0964. The number of hydrogen-bond acceptors (Lipinski definition) is 4. The molecule has 0 saturated carbocycles. The third kappa shape index (κ3) is 3.71. The van der Waals surface area contributed by atoms with E-state index in [2.05, 4.69) is 0 Å². The first-order valence-corrected chi connectivity index (χ1v) is 10.0. The fraction of sp³-hybridized carbons (Fsp3) is 0.136. The van der Waals surface area contributed by atoms with Crippen molar-refractivity contribution in [1.29, 1.82) is 5.26 Å². The van der Waals surface area contributed by atoms with E-state index in [0.717, 1.165) is 16.3 Å². The quantitative estimate of drug-likeness (QED) is 0.594. The molecule has 0 aromatic heterocycles. The maximum atomic E-state index is 13.0. The Hall–Kier alpha value is -3.10. The lowest BCUT2D eigenvalue weighted by Gasteiger charge is -2.11. The summed E-state index contributed by atoms with van der Waals surface area (Å²) in [7, 11) is -3.92. The largest absolute Gasteiger partial charge is 0.493 e. The molecule has 0 saturated heterocycles. The minimum atomic E-state index is -3.92. The average Bonchev–Trinajstić information content (AvgIpc) is 2.67. The molecule has 3 rings (SSSR count). The molecule has 0 N–H and O–H groups in total. The number of benzene rings is 3. The van der Waals surface area contributed by atoms with Gasteiger partial charge in [0.05, 0.1) is 11.5 Å². The number of fused-ring (bicyclic) bond motifs is 1. The summed E-state index contributed by atoms with van der Waals surface area (Å²) in [6.45, 7) is 4.17. The van der Waals surface area contributed by atoms with Gasteiger partial charge in [-0.2, -0.15) is 5.26 Å². The van der Waals surface area contributed by atoms with E-state index < -0.39 is 9.84 Å². The van der Waals surface area contributed by atoms with Crippen molar-refractivity contribution < 1.29 is 13.2 Å². The number of rotatable bonds is 5. The summed E-state index contributed by atoms with van der Waals surface area (Å²) in [4.78, 5) is -0.220. The van der Waals surface area contributed by atoms with Crippen molar-refractivity contribution in [3.05, 3.63) is 76.7 Å². The molecular formula is C22H19NO3S. The van der Waals surface area contributed by atoms with Crippen molar-refractivity contribution in [2.75, 3.05) is 6.61 Å². The fourth-order valence-electron chi connectivity index (χ4n) is 2.85. The molecule has 0 unspecified atom stereocenters. The Morgan fingerprint density at radius 1 is 1.07 bits per heavy atom. The Bertz CT molecular complexity index is 1150. The summed E-state index contributed by atoms with van der Waals surface area (Å²) >= 11 is 0. The van der Waals surface area contributed by atoms with Crippen LogP contribution in [0.1, 0.15) is 18.1 Å². The topological polar surface area (TPSA) is 67.2 Å². The molecular weight excluding hydrogens is 358 g/mol. The predicted octanol–water partition coefficient (Wildman–Crippen LogP) is 4.89. The predicted molar refractivity (Wildman–Crippen MR) is 107 cm³/mol. The smallest absolute Gasteiger partial charge is 0.216 e. The highest BCUT2D eigenvalue weighted by atomic mass is 32.2. The standard InChI is InChI=1S/C22H19NO3S/c1-3-26-22-13-10-17-6-4-5-7-20(17)21(22)14-19(15-23)27(24,25)18-11-8-16(2)9-12-18/h4-14H,3H2,1-2H3/b19-14+. The Kier molecular flexibility index (Phi) is 5.29. The zero-order valence-electron chi connectivity index (χ0n) is 15.1. The summed E-state index contributed by atoms with van der Waals surface area (Å²) < 4.78 is 31.6. The minimum Gasteiger partial charge on any atom is -0.493 e. The Morgan fingerprint density at radius 3 is 2.44 bits per heavy atom. The number of hydrogen-bond donors (Lipinski definition) is 0. The van der Waals surface area contributed by atoms with Crippen LogP contribution in [0.3, 0.4) is 0 Å². The van der Waals surface area contributed by atoms with Gasteiger partial charge in [-0.15, -0.1) is 0 Å². The van der Waals surface area contributed by atoms with Crippen LogP contribution in [0, 0.1) is 18.3 Å². The second-order valence-electron chi connectivity index (χ2n) is 6.07. The van der Waals surface area contributed by atoms with Gasteiger partial charge >= 0.3 is 0 Å². The summed E-state index contributed by atoms with van der Waals surface area (Å²) in [5.41, 5.74) is 1.53. The summed E-state index contributed by atoms with van der Waals surface area (Å²) in [6.07, 6.45) is 1.41. The van der Waals surface area contributed by atoms with E-state index in [1.54, 1.807) is 18.2 Å². The molecule has 136 valence electrons. The zero-order chi connectivity index (χ0) is 19.4. The van der Waals surface area contributed by atoms with Crippen LogP contribution in [0.4, 0.5) is 0 Å². The van der Waals surface area contributed by atoms with Crippen LogP contribution in [0.5, 0.6) is 5.75 Å². The van der Waals surface area contributed by atoms with E-state index in [1.165, 1.54) is 18.2 Å². The zero-order valence-corrected chi connectivity index (χ0v) is 16.0. The van der Waals surface area contributed by atoms with E-state index in [1.807, 2.05) is 50.2 Å². The molecule has 27 heavy (non-hydrogen) atoms. The van der Waals surface area contributed by atoms with Crippen molar-refractivity contribution in [3.63, 3.8) is 0 Å². The third-order valence-electron chi connectivity index (χ3n) is 4.24. The van der Waals surface area contributed by atoms with Crippen molar-refractivity contribution in [1.82, 2.24) is 0 Å². The molecule has 4 nitrogen and oxygen atoms in total. The van der Waals surface area contributed by atoms with Gasteiger partial charge in [-0.3, -0.25) is 0 Å². The van der Waals surface area contributed by atoms with Gasteiger partial charge in [-0.1, -0.05) is 48.0 Å². The van der Waals surface area contributed by atoms with Crippen LogP contribution in [0.15, 0.2) is 70.5 Å². The Morgan fingerprint density at radius 2 is 1.78 bits per heavy atom. The molecule has 0 fully saturated rings. The maximum Gasteiger partial charge on any atom is 0.216 e. The van der Waals surface area contributed by atoms with Crippen LogP contribution in [0.2, 0.25) is 0 Å². The van der Waals surface area contributed by atoms with Crippen molar-refractivity contribution in [2.24, 2.45) is 0 Å². The first-order valence-electron chi connectivity index (χ1n) is 8.55. The van der Waals surface area contributed by atoms with E-state index in [0.29, 0.717) is 17.9 Å². The van der Waals surface area contributed by atoms with Crippen LogP contribution >= 0.6 is 0 Å². The van der Waals surface area contributed by atoms with Gasteiger partial charge in [0.1, 0.15) is 16.7 Å². The highest BCUT2D eigenvalue weighted by Crippen LogP contribution is 2.32. The van der Waals surface area contributed by atoms with Crippen molar-refractivity contribution in [3.8, 4) is 11.8 Å². The molecule has 0 radical (unpaired) electrons. The number of nitriles is 1. The lowest BCUT2D eigenvalue weighted by Crippen LogP contribution is -2.04. The van der Waals surface area contributed by atoms with Crippen LogP contribution in [0.25, 0.3) is 16.8 Å². The van der Waals surface area contributed by atoms with Crippen molar-refractivity contribution in [2.45, 2.75) is 18.7 Å². The third-order valence-corrected chi connectivity index (χ3v) is 5.92. The summed E-state index contributed by atoms with van der Waals surface area (Å²) in [5, 5.41) is 11.4. The molecule has 0 spiro atoms. The molecule has 0 bridgehead atoms. The molecule has 3 aromatic carbocycles. The van der Waals surface area contributed by atoms with Crippen LogP contribution in [-0.4, -0.2) is 15.0 Å². The van der Waals surface area contributed by atoms with Gasteiger partial charge in [0.25, 0.3) is 0 Å². The van der Waals surface area contributed by atoms with Gasteiger partial charge in [0.15, 0.2) is 0 Å². The van der Waals surface area contributed by atoms with E-state index in [9.17, 15) is 13.7 Å². The summed E-state index contributed by atoms with van der Waals surface area (Å²) in [5.74, 6) is 0.544. The van der Waals surface area contributed by atoms with Gasteiger partial charge in [0, 0.05) is 5.56 Å². The Labute approximate surface area is 159 Å². The first kappa shape index (κ1) is 18.7. The van der Waals surface area contributed by atoms with Gasteiger partial charge < -0.3 is 4.74 Å². The van der Waals surface area contributed by atoms with Crippen LogP contribution < -0.4 is 4.74 Å². The van der Waals surface area contributed by atoms with E-state index in [4.69, 9.17) is 4.74 Å². The number of allylic oxidation sites excluding steroid dienone is 1. The summed E-state index contributed by atoms with van der Waals surface area (Å²) in [6, 6.07) is 19.6.